The molecule has 1 aromatic rings. The number of ketones is 1. The molecular formula is C12H9ClFNO2. The van der Waals surface area contributed by atoms with Crippen LogP contribution < -0.4 is 4.90 Å². The Morgan fingerprint density at radius 3 is 2.76 bits per heavy atom. The zero-order chi connectivity index (χ0) is 12.6. The van der Waals surface area contributed by atoms with Gasteiger partial charge >= 0.3 is 0 Å². The van der Waals surface area contributed by atoms with Gasteiger partial charge in [-0.1, -0.05) is 17.7 Å². The highest BCUT2D eigenvalue weighted by Crippen LogP contribution is 2.32. The van der Waals surface area contributed by atoms with Gasteiger partial charge in [-0.05, 0) is 24.6 Å². The van der Waals surface area contributed by atoms with Crippen molar-refractivity contribution >= 4 is 29.0 Å². The molecule has 0 saturated heterocycles. The molecule has 0 radical (unpaired) electrons. The maximum atomic E-state index is 13.2. The van der Waals surface area contributed by atoms with Crippen LogP contribution in [-0.4, -0.2) is 18.2 Å². The van der Waals surface area contributed by atoms with E-state index in [0.717, 1.165) is 6.07 Å². The lowest BCUT2D eigenvalue weighted by molar-refractivity contribution is -0.114. The van der Waals surface area contributed by atoms with E-state index in [4.69, 9.17) is 11.6 Å². The molecule has 3 nitrogen and oxygen atoms in total. The molecule has 0 atom stereocenters. The zero-order valence-electron chi connectivity index (χ0n) is 9.04. The fourth-order valence-corrected chi connectivity index (χ4v) is 2.01. The molecule has 0 unspecified atom stereocenters. The van der Waals surface area contributed by atoms with Crippen molar-refractivity contribution in [3.63, 3.8) is 0 Å². The van der Waals surface area contributed by atoms with Crippen LogP contribution in [-0.2, 0) is 4.79 Å². The van der Waals surface area contributed by atoms with E-state index in [1.165, 1.54) is 16.5 Å². The summed E-state index contributed by atoms with van der Waals surface area (Å²) in [7, 11) is 0. The van der Waals surface area contributed by atoms with E-state index in [2.05, 4.69) is 0 Å². The topological polar surface area (TPSA) is 37.4 Å². The summed E-state index contributed by atoms with van der Waals surface area (Å²) >= 11 is 5.39. The van der Waals surface area contributed by atoms with Crippen molar-refractivity contribution in [3.05, 3.63) is 40.7 Å². The Morgan fingerprint density at radius 2 is 2.12 bits per heavy atom. The standard InChI is InChI=1S/C12H9ClFNO2/c1-7-5-8(14)6-9-10(7)15(4-2-3-13)12(17)11(9)16/h2-3,5-6H,4H2,1H3/b3-2+. The summed E-state index contributed by atoms with van der Waals surface area (Å²) in [6, 6.07) is 2.38. The lowest BCUT2D eigenvalue weighted by Gasteiger charge is -2.16. The molecule has 0 bridgehead atoms. The lowest BCUT2D eigenvalue weighted by atomic mass is 10.1. The van der Waals surface area contributed by atoms with Gasteiger partial charge in [-0.2, -0.15) is 0 Å². The Morgan fingerprint density at radius 1 is 1.41 bits per heavy atom. The number of Topliss-reactive ketones (excluding diaryl/α,β-unsaturated/α-hetero) is 1. The van der Waals surface area contributed by atoms with Crippen LogP contribution in [0.25, 0.3) is 0 Å². The lowest BCUT2D eigenvalue weighted by Crippen LogP contribution is -2.30. The Labute approximate surface area is 102 Å². The van der Waals surface area contributed by atoms with Crippen molar-refractivity contribution in [2.24, 2.45) is 0 Å². The Bertz CT molecular complexity index is 540. The van der Waals surface area contributed by atoms with Gasteiger partial charge < -0.3 is 4.90 Å². The number of anilines is 1. The number of carbonyl (C=O) groups is 2. The van der Waals surface area contributed by atoms with Gasteiger partial charge in [0, 0.05) is 12.1 Å². The first-order valence-corrected chi connectivity index (χ1v) is 5.41. The Hall–Kier alpha value is -1.68. The molecule has 2 rings (SSSR count). The molecule has 1 amide bonds. The summed E-state index contributed by atoms with van der Waals surface area (Å²) in [4.78, 5) is 24.7. The Balaban J connectivity index is 2.56. The van der Waals surface area contributed by atoms with Crippen LogP contribution >= 0.6 is 11.6 Å². The number of fused-ring (bicyclic) bond motifs is 1. The number of halogens is 2. The first kappa shape index (κ1) is 11.8. The largest absolute Gasteiger partial charge is 0.301 e. The van der Waals surface area contributed by atoms with Crippen molar-refractivity contribution in [3.8, 4) is 0 Å². The van der Waals surface area contributed by atoms with Crippen LogP contribution in [0.1, 0.15) is 15.9 Å². The van der Waals surface area contributed by atoms with E-state index in [1.54, 1.807) is 13.0 Å². The normalized spacial score (nSPS) is 14.9. The molecule has 0 saturated carbocycles. The quantitative estimate of drug-likeness (QED) is 0.759. The monoisotopic (exact) mass is 253 g/mol. The Kier molecular flexibility index (Phi) is 2.98. The fourth-order valence-electron chi connectivity index (χ4n) is 1.93. The number of hydrogen-bond donors (Lipinski definition) is 0. The molecule has 0 aromatic heterocycles. The first-order valence-electron chi connectivity index (χ1n) is 4.98. The summed E-state index contributed by atoms with van der Waals surface area (Å²) < 4.78 is 13.2. The molecule has 1 aliphatic rings. The van der Waals surface area contributed by atoms with Gasteiger partial charge in [0.05, 0.1) is 11.3 Å². The second-order valence-corrected chi connectivity index (χ2v) is 3.98. The van der Waals surface area contributed by atoms with E-state index in [-0.39, 0.29) is 12.1 Å². The van der Waals surface area contributed by atoms with Crippen LogP contribution in [0.15, 0.2) is 23.7 Å². The van der Waals surface area contributed by atoms with Gasteiger partial charge in [-0.25, -0.2) is 4.39 Å². The second kappa shape index (κ2) is 4.30. The third-order valence-corrected chi connectivity index (χ3v) is 2.77. The van der Waals surface area contributed by atoms with Gasteiger partial charge in [-0.3, -0.25) is 9.59 Å². The summed E-state index contributed by atoms with van der Waals surface area (Å²) in [5, 5.41) is 0. The number of benzene rings is 1. The van der Waals surface area contributed by atoms with Gasteiger partial charge in [0.2, 0.25) is 0 Å². The molecule has 17 heavy (non-hydrogen) atoms. The van der Waals surface area contributed by atoms with Gasteiger partial charge in [0.1, 0.15) is 5.82 Å². The van der Waals surface area contributed by atoms with Crippen molar-refractivity contribution in [2.45, 2.75) is 6.92 Å². The van der Waals surface area contributed by atoms with Crippen molar-refractivity contribution in [2.75, 3.05) is 11.4 Å². The number of aryl methyl sites for hydroxylation is 1. The van der Waals surface area contributed by atoms with Crippen LogP contribution in [0.4, 0.5) is 10.1 Å². The fraction of sp³-hybridized carbons (Fsp3) is 0.167. The summed E-state index contributed by atoms with van der Waals surface area (Å²) in [5.41, 5.74) is 2.42. The molecule has 1 aromatic carbocycles. The minimum atomic E-state index is -0.675. The molecule has 0 fully saturated rings. The number of carbonyl (C=O) groups excluding carboxylic acids is 2. The van der Waals surface area contributed by atoms with Crippen LogP contribution in [0.3, 0.4) is 0 Å². The second-order valence-electron chi connectivity index (χ2n) is 3.73. The maximum Gasteiger partial charge on any atom is 0.299 e. The third kappa shape index (κ3) is 1.85. The van der Waals surface area contributed by atoms with E-state index < -0.39 is 17.5 Å². The zero-order valence-corrected chi connectivity index (χ0v) is 9.79. The van der Waals surface area contributed by atoms with Gasteiger partial charge in [0.25, 0.3) is 11.7 Å². The van der Waals surface area contributed by atoms with Gasteiger partial charge in [0.15, 0.2) is 0 Å². The molecule has 1 heterocycles. The maximum absolute atomic E-state index is 13.2. The number of rotatable bonds is 2. The van der Waals surface area contributed by atoms with Crippen LogP contribution in [0, 0.1) is 12.7 Å². The predicted octanol–water partition coefficient (Wildman–Crippen LogP) is 2.42. The van der Waals surface area contributed by atoms with E-state index in [1.807, 2.05) is 0 Å². The number of amides is 1. The van der Waals surface area contributed by atoms with Crippen LogP contribution in [0.5, 0.6) is 0 Å². The summed E-state index contributed by atoms with van der Waals surface area (Å²) in [5.74, 6) is -1.84. The molecular weight excluding hydrogens is 245 g/mol. The number of hydrogen-bond acceptors (Lipinski definition) is 2. The highest BCUT2D eigenvalue weighted by molar-refractivity contribution is 6.52. The molecule has 0 aliphatic carbocycles. The smallest absolute Gasteiger partial charge is 0.299 e. The molecule has 88 valence electrons. The summed E-state index contributed by atoms with van der Waals surface area (Å²) in [6.45, 7) is 1.86. The molecule has 5 heteroatoms. The highest BCUT2D eigenvalue weighted by Gasteiger charge is 2.36. The molecule has 1 aliphatic heterocycles. The first-order chi connectivity index (χ1) is 8.06. The van der Waals surface area contributed by atoms with E-state index in [9.17, 15) is 14.0 Å². The number of nitrogens with zero attached hydrogens (tertiary/aromatic N) is 1. The predicted molar refractivity (Wildman–Crippen MR) is 62.8 cm³/mol. The van der Waals surface area contributed by atoms with Crippen molar-refractivity contribution < 1.29 is 14.0 Å². The van der Waals surface area contributed by atoms with Crippen molar-refractivity contribution in [1.29, 1.82) is 0 Å². The highest BCUT2D eigenvalue weighted by atomic mass is 35.5. The van der Waals surface area contributed by atoms with E-state index >= 15 is 0 Å². The van der Waals surface area contributed by atoms with Gasteiger partial charge in [-0.15, -0.1) is 0 Å². The average molecular weight is 254 g/mol. The minimum absolute atomic E-state index is 0.121. The van der Waals surface area contributed by atoms with Crippen molar-refractivity contribution in [1.82, 2.24) is 0 Å². The average Bonchev–Trinajstić information content (AvgIpc) is 2.51. The third-order valence-electron chi connectivity index (χ3n) is 2.60. The minimum Gasteiger partial charge on any atom is -0.301 e. The molecule has 0 N–H and O–H groups in total. The van der Waals surface area contributed by atoms with Crippen LogP contribution in [0.2, 0.25) is 0 Å². The SMILES string of the molecule is Cc1cc(F)cc2c1N(C/C=C/Cl)C(=O)C2=O. The summed E-state index contributed by atoms with van der Waals surface area (Å²) in [6.07, 6.45) is 1.55. The molecule has 0 spiro atoms. The van der Waals surface area contributed by atoms with E-state index in [0.29, 0.717) is 11.3 Å².